The van der Waals surface area contributed by atoms with Crippen molar-refractivity contribution in [2.24, 2.45) is 0 Å². The molecule has 0 radical (unpaired) electrons. The van der Waals surface area contributed by atoms with Crippen LogP contribution >= 0.6 is 0 Å². The molecule has 2 unspecified atom stereocenters. The van der Waals surface area contributed by atoms with Crippen molar-refractivity contribution in [3.8, 4) is 5.75 Å². The lowest BCUT2D eigenvalue weighted by molar-refractivity contribution is -0.136. The first-order valence-corrected chi connectivity index (χ1v) is 10.9. The van der Waals surface area contributed by atoms with Crippen LogP contribution in [0.3, 0.4) is 0 Å². The zero-order chi connectivity index (χ0) is 21.8. The van der Waals surface area contributed by atoms with Gasteiger partial charge < -0.3 is 19.9 Å². The lowest BCUT2D eigenvalue weighted by atomic mass is 9.93. The van der Waals surface area contributed by atoms with Crippen molar-refractivity contribution in [3.63, 3.8) is 0 Å². The topological polar surface area (TPSA) is 74.8 Å². The Hall–Kier alpha value is -2.93. The summed E-state index contributed by atoms with van der Waals surface area (Å²) < 4.78 is 6.61. The Balaban J connectivity index is 1.55. The van der Waals surface area contributed by atoms with E-state index in [-0.39, 0.29) is 11.8 Å². The third-order valence-corrected chi connectivity index (χ3v) is 6.19. The highest BCUT2D eigenvalue weighted by Crippen LogP contribution is 2.35. The van der Waals surface area contributed by atoms with Gasteiger partial charge in [0.05, 0.1) is 6.54 Å². The van der Waals surface area contributed by atoms with E-state index >= 15 is 0 Å². The van der Waals surface area contributed by atoms with Crippen molar-refractivity contribution >= 4 is 11.8 Å². The molecule has 1 N–H and O–H groups in total. The summed E-state index contributed by atoms with van der Waals surface area (Å²) in [6, 6.07) is 12.4. The molecule has 2 amide bonds. The van der Waals surface area contributed by atoms with E-state index in [4.69, 9.17) is 4.74 Å². The minimum Gasteiger partial charge on any atom is -0.485 e. The number of fused-ring (bicyclic) bond motifs is 1. The van der Waals surface area contributed by atoms with E-state index in [0.717, 1.165) is 43.7 Å². The number of amides is 2. The first-order chi connectivity index (χ1) is 15.0. The number of likely N-dealkylation sites (tertiary alicyclic amines) is 1. The van der Waals surface area contributed by atoms with E-state index in [1.165, 1.54) is 0 Å². The summed E-state index contributed by atoms with van der Waals surface area (Å²) in [5.74, 6) is 0.396. The highest BCUT2D eigenvalue weighted by Gasteiger charge is 2.41. The standard InChI is InChI=1S/C24H30N4O3/c1-18(26-22(29)20-9-5-6-13-25-20)23(30)28-16-19-8-3-4-10-21(19)31-24(17-28)11-7-14-27(2)15-12-24/h3-6,8-10,13,18H,7,11-12,14-17H2,1-2H3,(H,26,29). The Morgan fingerprint density at radius 3 is 2.74 bits per heavy atom. The summed E-state index contributed by atoms with van der Waals surface area (Å²) in [6.07, 6.45) is 4.34. The van der Waals surface area contributed by atoms with Crippen LogP contribution in [-0.4, -0.2) is 64.9 Å². The predicted octanol–water partition coefficient (Wildman–Crippen LogP) is 2.48. The second-order valence-electron chi connectivity index (χ2n) is 8.65. The molecule has 164 valence electrons. The molecular formula is C24H30N4O3. The monoisotopic (exact) mass is 422 g/mol. The van der Waals surface area contributed by atoms with Crippen LogP contribution in [0.2, 0.25) is 0 Å². The zero-order valence-electron chi connectivity index (χ0n) is 18.2. The zero-order valence-corrected chi connectivity index (χ0v) is 18.2. The van der Waals surface area contributed by atoms with Gasteiger partial charge in [-0.1, -0.05) is 24.3 Å². The van der Waals surface area contributed by atoms with Crippen LogP contribution in [0.15, 0.2) is 48.7 Å². The average Bonchev–Trinajstić information content (AvgIpc) is 3.06. The number of nitrogens with one attached hydrogen (secondary N) is 1. The van der Waals surface area contributed by atoms with E-state index in [9.17, 15) is 9.59 Å². The molecular weight excluding hydrogens is 392 g/mol. The van der Waals surface area contributed by atoms with E-state index in [1.807, 2.05) is 29.2 Å². The second-order valence-corrected chi connectivity index (χ2v) is 8.65. The van der Waals surface area contributed by atoms with Gasteiger partial charge in [0.25, 0.3) is 5.91 Å². The predicted molar refractivity (Wildman–Crippen MR) is 118 cm³/mol. The van der Waals surface area contributed by atoms with Gasteiger partial charge >= 0.3 is 0 Å². The second kappa shape index (κ2) is 9.06. The van der Waals surface area contributed by atoms with Crippen molar-refractivity contribution < 1.29 is 14.3 Å². The molecule has 1 saturated heterocycles. The molecule has 3 heterocycles. The fraction of sp³-hybridized carbons (Fsp3) is 0.458. The smallest absolute Gasteiger partial charge is 0.270 e. The highest BCUT2D eigenvalue weighted by atomic mass is 16.5. The summed E-state index contributed by atoms with van der Waals surface area (Å²) >= 11 is 0. The lowest BCUT2D eigenvalue weighted by Gasteiger charge is -2.36. The Morgan fingerprint density at radius 2 is 1.94 bits per heavy atom. The summed E-state index contributed by atoms with van der Waals surface area (Å²) in [5, 5.41) is 2.81. The number of carbonyl (C=O) groups is 2. The molecule has 0 saturated carbocycles. The molecule has 2 atom stereocenters. The van der Waals surface area contributed by atoms with Gasteiger partial charge in [0, 0.05) is 31.3 Å². The fourth-order valence-electron chi connectivity index (χ4n) is 4.43. The number of carbonyl (C=O) groups excluding carboxylic acids is 2. The van der Waals surface area contributed by atoms with Crippen molar-refractivity contribution in [1.29, 1.82) is 0 Å². The Bertz CT molecular complexity index is 935. The van der Waals surface area contributed by atoms with Gasteiger partial charge in [-0.15, -0.1) is 0 Å². The van der Waals surface area contributed by atoms with Gasteiger partial charge in [0.15, 0.2) is 0 Å². The number of nitrogens with zero attached hydrogens (tertiary/aromatic N) is 3. The molecule has 2 aromatic rings. The molecule has 1 aromatic carbocycles. The van der Waals surface area contributed by atoms with E-state index < -0.39 is 11.6 Å². The number of rotatable bonds is 3. The van der Waals surface area contributed by atoms with Crippen LogP contribution in [0.4, 0.5) is 0 Å². The molecule has 4 rings (SSSR count). The van der Waals surface area contributed by atoms with Gasteiger partial charge in [-0.25, -0.2) is 0 Å². The van der Waals surface area contributed by atoms with Crippen molar-refractivity contribution in [2.75, 3.05) is 26.7 Å². The van der Waals surface area contributed by atoms with Crippen molar-refractivity contribution in [2.45, 2.75) is 44.4 Å². The minimum atomic E-state index is -0.662. The minimum absolute atomic E-state index is 0.110. The summed E-state index contributed by atoms with van der Waals surface area (Å²) in [4.78, 5) is 34.2. The Labute approximate surface area is 183 Å². The molecule has 1 fully saturated rings. The first kappa shape index (κ1) is 21.3. The van der Waals surface area contributed by atoms with Crippen molar-refractivity contribution in [3.05, 3.63) is 59.9 Å². The molecule has 7 heteroatoms. The Morgan fingerprint density at radius 1 is 1.13 bits per heavy atom. The van der Waals surface area contributed by atoms with Gasteiger partial charge in [-0.2, -0.15) is 0 Å². The molecule has 1 aromatic heterocycles. The number of hydrogen-bond acceptors (Lipinski definition) is 5. The maximum atomic E-state index is 13.4. The molecule has 2 aliphatic heterocycles. The number of pyridine rings is 1. The summed E-state index contributed by atoms with van der Waals surface area (Å²) in [5.41, 5.74) is 0.876. The normalized spacial score (nSPS) is 22.6. The number of hydrogen-bond donors (Lipinski definition) is 1. The third kappa shape index (κ3) is 4.88. The molecule has 7 nitrogen and oxygen atoms in total. The molecule has 1 spiro atoms. The van der Waals surface area contributed by atoms with Gasteiger partial charge in [0.1, 0.15) is 23.1 Å². The number of aromatic nitrogens is 1. The molecule has 0 bridgehead atoms. The van der Waals surface area contributed by atoms with Gasteiger partial charge in [-0.05, 0) is 51.6 Å². The third-order valence-electron chi connectivity index (χ3n) is 6.19. The van der Waals surface area contributed by atoms with Crippen molar-refractivity contribution in [1.82, 2.24) is 20.1 Å². The van der Waals surface area contributed by atoms with Crippen LogP contribution in [0.25, 0.3) is 0 Å². The lowest BCUT2D eigenvalue weighted by Crippen LogP contribution is -2.53. The highest BCUT2D eigenvalue weighted by molar-refractivity contribution is 5.95. The number of ether oxygens (including phenoxy) is 1. The number of para-hydroxylation sites is 1. The SMILES string of the molecule is CC(NC(=O)c1ccccn1)C(=O)N1Cc2ccccc2OC2(CCCN(C)CC2)C1. The van der Waals surface area contributed by atoms with Crippen LogP contribution in [0, 0.1) is 0 Å². The van der Waals surface area contributed by atoms with E-state index in [1.54, 1.807) is 31.3 Å². The van der Waals surface area contributed by atoms with Crippen LogP contribution in [0.5, 0.6) is 5.75 Å². The van der Waals surface area contributed by atoms with Crippen LogP contribution < -0.4 is 10.1 Å². The molecule has 2 aliphatic rings. The first-order valence-electron chi connectivity index (χ1n) is 10.9. The van der Waals surface area contributed by atoms with Gasteiger partial charge in [-0.3, -0.25) is 14.6 Å². The number of benzene rings is 1. The van der Waals surface area contributed by atoms with E-state index in [2.05, 4.69) is 22.2 Å². The summed E-state index contributed by atoms with van der Waals surface area (Å²) in [6.45, 7) is 4.66. The molecule has 0 aliphatic carbocycles. The van der Waals surface area contributed by atoms with E-state index in [0.29, 0.717) is 18.8 Å². The van der Waals surface area contributed by atoms with Crippen LogP contribution in [-0.2, 0) is 11.3 Å². The quantitative estimate of drug-likeness (QED) is 0.823. The summed E-state index contributed by atoms with van der Waals surface area (Å²) in [7, 11) is 2.13. The maximum absolute atomic E-state index is 13.4. The largest absolute Gasteiger partial charge is 0.485 e. The Kier molecular flexibility index (Phi) is 6.23. The average molecular weight is 423 g/mol. The maximum Gasteiger partial charge on any atom is 0.270 e. The fourth-order valence-corrected chi connectivity index (χ4v) is 4.43. The molecule has 31 heavy (non-hydrogen) atoms. The van der Waals surface area contributed by atoms with Crippen LogP contribution in [0.1, 0.15) is 42.2 Å². The van der Waals surface area contributed by atoms with Gasteiger partial charge in [0.2, 0.25) is 5.91 Å².